The minimum absolute atomic E-state index is 0.0976. The van der Waals surface area contributed by atoms with Crippen LogP contribution >= 0.6 is 15.9 Å². The monoisotopic (exact) mass is 348 g/mol. The fourth-order valence-electron chi connectivity index (χ4n) is 2.45. The average molecular weight is 349 g/mol. The molecule has 1 aromatic heterocycles. The van der Waals surface area contributed by atoms with Crippen molar-refractivity contribution in [2.45, 2.75) is 46.1 Å². The predicted molar refractivity (Wildman–Crippen MR) is 88.8 cm³/mol. The number of carbonyl (C=O) groups is 1. The van der Waals surface area contributed by atoms with Crippen molar-refractivity contribution in [3.05, 3.63) is 51.8 Å². The Balaban J connectivity index is 2.15. The van der Waals surface area contributed by atoms with E-state index in [4.69, 9.17) is 0 Å². The second-order valence-corrected chi connectivity index (χ2v) is 6.19. The zero-order valence-corrected chi connectivity index (χ0v) is 14.4. The minimum Gasteiger partial charge on any atom is -0.294 e. The van der Waals surface area contributed by atoms with Crippen LogP contribution in [-0.2, 0) is 6.42 Å². The summed E-state index contributed by atoms with van der Waals surface area (Å²) < 4.78 is 2.82. The van der Waals surface area contributed by atoms with Gasteiger partial charge in [0.05, 0.1) is 18.2 Å². The molecule has 0 spiro atoms. The van der Waals surface area contributed by atoms with Crippen molar-refractivity contribution in [1.29, 1.82) is 0 Å². The van der Waals surface area contributed by atoms with Crippen LogP contribution in [0.3, 0.4) is 0 Å². The molecule has 1 heterocycles. The van der Waals surface area contributed by atoms with Crippen LogP contribution in [0.25, 0.3) is 0 Å². The maximum atomic E-state index is 12.4. The standard InChI is InChI=1S/C17H21BrN2O/c1-4-14(5-2)20-9-8-13(19-20)11-17(21)15-10-12(3)6-7-16(15)18/h6-10,14H,4-5,11H2,1-3H3. The Labute approximate surface area is 134 Å². The van der Waals surface area contributed by atoms with Crippen molar-refractivity contribution in [3.8, 4) is 0 Å². The molecule has 0 saturated heterocycles. The quantitative estimate of drug-likeness (QED) is 0.706. The molecule has 0 aliphatic carbocycles. The third-order valence-electron chi connectivity index (χ3n) is 3.74. The lowest BCUT2D eigenvalue weighted by Crippen LogP contribution is -2.10. The Kier molecular flexibility index (Phi) is 5.34. The molecule has 0 N–H and O–H groups in total. The minimum atomic E-state index is 0.0976. The number of hydrogen-bond acceptors (Lipinski definition) is 2. The highest BCUT2D eigenvalue weighted by molar-refractivity contribution is 9.10. The average Bonchev–Trinajstić information content (AvgIpc) is 2.91. The molecule has 4 heteroatoms. The molecule has 112 valence electrons. The van der Waals surface area contributed by atoms with Gasteiger partial charge in [-0.05, 0) is 38.0 Å². The highest BCUT2D eigenvalue weighted by atomic mass is 79.9. The fraction of sp³-hybridized carbons (Fsp3) is 0.412. The third kappa shape index (κ3) is 3.82. The summed E-state index contributed by atoms with van der Waals surface area (Å²) in [5.41, 5.74) is 2.65. The molecule has 0 fully saturated rings. The topological polar surface area (TPSA) is 34.9 Å². The van der Waals surface area contributed by atoms with Gasteiger partial charge in [0, 0.05) is 16.2 Å². The van der Waals surface area contributed by atoms with Crippen LogP contribution in [-0.4, -0.2) is 15.6 Å². The smallest absolute Gasteiger partial charge is 0.170 e. The lowest BCUT2D eigenvalue weighted by molar-refractivity contribution is 0.0991. The van der Waals surface area contributed by atoms with E-state index in [1.807, 2.05) is 42.1 Å². The summed E-state index contributed by atoms with van der Waals surface area (Å²) in [5, 5.41) is 4.55. The molecule has 0 bridgehead atoms. The van der Waals surface area contributed by atoms with E-state index in [0.717, 1.165) is 34.1 Å². The first kappa shape index (κ1) is 16.0. The van der Waals surface area contributed by atoms with Crippen LogP contribution in [0.5, 0.6) is 0 Å². The molecule has 2 rings (SSSR count). The Bertz CT molecular complexity index is 629. The van der Waals surface area contributed by atoms with E-state index in [2.05, 4.69) is 34.9 Å². The SMILES string of the molecule is CCC(CC)n1ccc(CC(=O)c2cc(C)ccc2Br)n1. The van der Waals surface area contributed by atoms with E-state index in [9.17, 15) is 4.79 Å². The molecule has 0 aliphatic rings. The number of rotatable bonds is 6. The molecule has 2 aromatic rings. The maximum absolute atomic E-state index is 12.4. The van der Waals surface area contributed by atoms with Crippen molar-refractivity contribution in [2.75, 3.05) is 0 Å². The van der Waals surface area contributed by atoms with Crippen LogP contribution in [0.4, 0.5) is 0 Å². The normalized spacial score (nSPS) is 11.1. The van der Waals surface area contributed by atoms with E-state index in [1.165, 1.54) is 0 Å². The summed E-state index contributed by atoms with van der Waals surface area (Å²) >= 11 is 3.45. The summed E-state index contributed by atoms with van der Waals surface area (Å²) in [6.07, 6.45) is 4.42. The first-order valence-electron chi connectivity index (χ1n) is 7.38. The highest BCUT2D eigenvalue weighted by Gasteiger charge is 2.14. The molecule has 0 amide bonds. The summed E-state index contributed by atoms with van der Waals surface area (Å²) in [6.45, 7) is 6.31. The number of carbonyl (C=O) groups excluding carboxylic acids is 1. The van der Waals surface area contributed by atoms with Crippen molar-refractivity contribution in [1.82, 2.24) is 9.78 Å². The van der Waals surface area contributed by atoms with Gasteiger partial charge in [0.2, 0.25) is 0 Å². The molecule has 1 aromatic carbocycles. The maximum Gasteiger partial charge on any atom is 0.170 e. The lowest BCUT2D eigenvalue weighted by Gasteiger charge is -2.12. The molecule has 3 nitrogen and oxygen atoms in total. The molecule has 0 aliphatic heterocycles. The molecule has 0 unspecified atom stereocenters. The number of aryl methyl sites for hydroxylation is 1. The van der Waals surface area contributed by atoms with Gasteiger partial charge < -0.3 is 0 Å². The lowest BCUT2D eigenvalue weighted by atomic mass is 10.0. The molecule has 0 saturated carbocycles. The van der Waals surface area contributed by atoms with Gasteiger partial charge in [-0.3, -0.25) is 9.48 Å². The first-order chi connectivity index (χ1) is 10.0. The number of halogens is 1. The Morgan fingerprint density at radius 1 is 1.29 bits per heavy atom. The summed E-state index contributed by atoms with van der Waals surface area (Å²) in [6, 6.07) is 8.19. The van der Waals surface area contributed by atoms with Crippen molar-refractivity contribution >= 4 is 21.7 Å². The zero-order chi connectivity index (χ0) is 15.4. The van der Waals surface area contributed by atoms with E-state index < -0.39 is 0 Å². The molecular weight excluding hydrogens is 328 g/mol. The van der Waals surface area contributed by atoms with Gasteiger partial charge in [0.15, 0.2) is 5.78 Å². The Hall–Kier alpha value is -1.42. The van der Waals surface area contributed by atoms with Crippen molar-refractivity contribution < 1.29 is 4.79 Å². The van der Waals surface area contributed by atoms with E-state index >= 15 is 0 Å². The van der Waals surface area contributed by atoms with Gasteiger partial charge in [-0.15, -0.1) is 0 Å². The second kappa shape index (κ2) is 7.03. The zero-order valence-electron chi connectivity index (χ0n) is 12.8. The summed E-state index contributed by atoms with van der Waals surface area (Å²) in [4.78, 5) is 12.4. The highest BCUT2D eigenvalue weighted by Crippen LogP contribution is 2.20. The Morgan fingerprint density at radius 3 is 2.67 bits per heavy atom. The number of benzene rings is 1. The third-order valence-corrected chi connectivity index (χ3v) is 4.44. The molecular formula is C17H21BrN2O. The molecule has 0 radical (unpaired) electrons. The van der Waals surface area contributed by atoms with Crippen LogP contribution in [0.15, 0.2) is 34.9 Å². The second-order valence-electron chi connectivity index (χ2n) is 5.34. The Morgan fingerprint density at radius 2 is 2.00 bits per heavy atom. The van der Waals surface area contributed by atoms with Gasteiger partial charge in [0.1, 0.15) is 0 Å². The molecule has 0 atom stereocenters. The molecule has 21 heavy (non-hydrogen) atoms. The summed E-state index contributed by atoms with van der Waals surface area (Å²) in [7, 11) is 0. The number of nitrogens with zero attached hydrogens (tertiary/aromatic N) is 2. The van der Waals surface area contributed by atoms with E-state index in [-0.39, 0.29) is 5.78 Å². The van der Waals surface area contributed by atoms with Gasteiger partial charge in [0.25, 0.3) is 0 Å². The number of ketones is 1. The van der Waals surface area contributed by atoms with Crippen LogP contribution in [0, 0.1) is 6.92 Å². The number of aromatic nitrogens is 2. The fourth-order valence-corrected chi connectivity index (χ4v) is 2.92. The van der Waals surface area contributed by atoms with Gasteiger partial charge in [-0.2, -0.15) is 5.10 Å². The van der Waals surface area contributed by atoms with E-state index in [0.29, 0.717) is 12.5 Å². The van der Waals surface area contributed by atoms with Crippen molar-refractivity contribution in [2.24, 2.45) is 0 Å². The van der Waals surface area contributed by atoms with E-state index in [1.54, 1.807) is 0 Å². The number of Topliss-reactive ketones (excluding diaryl/α,β-unsaturated/α-hetero) is 1. The number of hydrogen-bond donors (Lipinski definition) is 0. The van der Waals surface area contributed by atoms with Crippen LogP contribution in [0.1, 0.15) is 54.3 Å². The van der Waals surface area contributed by atoms with Gasteiger partial charge in [-0.1, -0.05) is 41.4 Å². The van der Waals surface area contributed by atoms with Crippen molar-refractivity contribution in [3.63, 3.8) is 0 Å². The first-order valence-corrected chi connectivity index (χ1v) is 8.17. The van der Waals surface area contributed by atoms with Crippen LogP contribution in [0.2, 0.25) is 0 Å². The predicted octanol–water partition coefficient (Wildman–Crippen LogP) is 4.74. The van der Waals surface area contributed by atoms with Gasteiger partial charge >= 0.3 is 0 Å². The largest absolute Gasteiger partial charge is 0.294 e. The van der Waals surface area contributed by atoms with Gasteiger partial charge in [-0.25, -0.2) is 0 Å². The van der Waals surface area contributed by atoms with Crippen LogP contribution < -0.4 is 0 Å². The summed E-state index contributed by atoms with van der Waals surface area (Å²) in [5.74, 6) is 0.0976.